The van der Waals surface area contributed by atoms with E-state index in [1.807, 2.05) is 0 Å². The average molecular weight is 199 g/mol. The molecule has 0 aliphatic heterocycles. The molecular weight excluding hydrogens is 174 g/mol. The Kier molecular flexibility index (Phi) is 5.57. The fourth-order valence-electron chi connectivity index (χ4n) is 1.34. The second-order valence-electron chi connectivity index (χ2n) is 4.88. The molecule has 0 aromatic rings. The molecule has 0 amide bonds. The smallest absolute Gasteiger partial charge is 0.0550 e. The predicted octanol–water partition coefficient (Wildman–Crippen LogP) is 2.69. The quantitative estimate of drug-likeness (QED) is 0.629. The second kappa shape index (κ2) is 5.61. The van der Waals surface area contributed by atoms with Crippen molar-refractivity contribution in [3.8, 4) is 0 Å². The van der Waals surface area contributed by atoms with Crippen molar-refractivity contribution >= 4 is 8.80 Å². The molecule has 0 unspecified atom stereocenters. The first-order chi connectivity index (χ1) is 5.88. The molecule has 0 saturated heterocycles. The minimum Gasteiger partial charge on any atom is -0.295 e. The Labute approximate surface area is 85.4 Å². The first-order valence-corrected chi connectivity index (χ1v) is 8.27. The van der Waals surface area contributed by atoms with Gasteiger partial charge in [-0.3, -0.25) is 4.90 Å². The summed E-state index contributed by atoms with van der Waals surface area (Å²) in [7, 11) is -0.502. The van der Waals surface area contributed by atoms with E-state index in [4.69, 9.17) is 0 Å². The molecule has 0 atom stereocenters. The summed E-state index contributed by atoms with van der Waals surface area (Å²) in [6.07, 6.45) is 2.34. The van der Waals surface area contributed by atoms with Gasteiger partial charge in [0.15, 0.2) is 0 Å². The highest BCUT2D eigenvalue weighted by atomic mass is 28.3. The molecule has 0 spiro atoms. The summed E-state index contributed by atoms with van der Waals surface area (Å²) in [4.78, 5) is 2.49. The maximum atomic E-state index is 2.49. The highest BCUT2D eigenvalue weighted by Crippen LogP contribution is 2.11. The second-order valence-corrected chi connectivity index (χ2v) is 7.75. The number of hydrogen-bond acceptors (Lipinski definition) is 1. The Morgan fingerprint density at radius 1 is 1.23 bits per heavy atom. The van der Waals surface area contributed by atoms with E-state index in [1.165, 1.54) is 0 Å². The molecule has 13 heavy (non-hydrogen) atoms. The van der Waals surface area contributed by atoms with E-state index < -0.39 is 8.80 Å². The number of rotatable bonds is 4. The van der Waals surface area contributed by atoms with Gasteiger partial charge < -0.3 is 0 Å². The topological polar surface area (TPSA) is 3.24 Å². The van der Waals surface area contributed by atoms with Crippen molar-refractivity contribution < 1.29 is 0 Å². The molecule has 0 fully saturated rings. The van der Waals surface area contributed by atoms with Gasteiger partial charge in [0.25, 0.3) is 0 Å². The monoisotopic (exact) mass is 199 g/mol. The van der Waals surface area contributed by atoms with Crippen LogP contribution in [0.2, 0.25) is 13.1 Å². The Bertz CT molecular complexity index is 156. The zero-order valence-electron chi connectivity index (χ0n) is 10.1. The van der Waals surface area contributed by atoms with Crippen LogP contribution in [0.5, 0.6) is 0 Å². The predicted molar refractivity (Wildman–Crippen MR) is 65.0 cm³/mol. The lowest BCUT2D eigenvalue weighted by atomic mass is 10.1. The van der Waals surface area contributed by atoms with Crippen LogP contribution in [0.1, 0.15) is 27.7 Å². The molecule has 0 heterocycles. The first-order valence-electron chi connectivity index (χ1n) is 5.29. The van der Waals surface area contributed by atoms with Crippen molar-refractivity contribution in [1.82, 2.24) is 4.90 Å². The van der Waals surface area contributed by atoms with Gasteiger partial charge in [-0.25, -0.2) is 0 Å². The molecule has 0 radical (unpaired) electrons. The summed E-state index contributed by atoms with van der Waals surface area (Å²) < 4.78 is 0. The van der Waals surface area contributed by atoms with E-state index in [-0.39, 0.29) is 0 Å². The summed E-state index contributed by atoms with van der Waals surface area (Å²) in [5, 5.41) is 0. The molecular formula is C11H25NSi. The van der Waals surface area contributed by atoms with Crippen molar-refractivity contribution in [3.05, 3.63) is 11.8 Å². The Hall–Kier alpha value is -0.0831. The maximum Gasteiger partial charge on any atom is 0.0550 e. The van der Waals surface area contributed by atoms with Crippen LogP contribution in [0.4, 0.5) is 0 Å². The maximum absolute atomic E-state index is 2.49. The van der Waals surface area contributed by atoms with Crippen LogP contribution >= 0.6 is 0 Å². The molecule has 0 aliphatic rings. The third-order valence-corrected chi connectivity index (χ3v) is 3.22. The molecule has 0 aliphatic carbocycles. The Morgan fingerprint density at radius 3 is 2.08 bits per heavy atom. The summed E-state index contributed by atoms with van der Waals surface area (Å²) in [5.41, 5.74) is 2.71. The van der Waals surface area contributed by atoms with E-state index in [9.17, 15) is 0 Å². The van der Waals surface area contributed by atoms with Gasteiger partial charge in [-0.2, -0.15) is 0 Å². The summed E-state index contributed by atoms with van der Waals surface area (Å²) in [6, 6.07) is 0. The van der Waals surface area contributed by atoms with Gasteiger partial charge in [0.05, 0.1) is 8.80 Å². The van der Waals surface area contributed by atoms with Crippen LogP contribution in [0.15, 0.2) is 11.8 Å². The molecule has 0 aromatic carbocycles. The Morgan fingerprint density at radius 2 is 1.77 bits per heavy atom. The average Bonchev–Trinajstić information content (AvgIpc) is 1.95. The molecule has 0 bridgehead atoms. The van der Waals surface area contributed by atoms with Crippen molar-refractivity contribution in [2.24, 2.45) is 0 Å². The largest absolute Gasteiger partial charge is 0.295 e. The van der Waals surface area contributed by atoms with Crippen LogP contribution in [0, 0.1) is 0 Å². The number of nitrogens with zero attached hydrogens (tertiary/aromatic N) is 1. The van der Waals surface area contributed by atoms with E-state index in [0.717, 1.165) is 13.1 Å². The van der Waals surface area contributed by atoms with Crippen molar-refractivity contribution in [1.29, 1.82) is 0 Å². The molecule has 0 N–H and O–H groups in total. The third-order valence-electron chi connectivity index (χ3n) is 2.18. The van der Waals surface area contributed by atoms with Crippen LogP contribution < -0.4 is 0 Å². The van der Waals surface area contributed by atoms with E-state index in [1.54, 1.807) is 0 Å². The Balaban J connectivity index is 4.00. The van der Waals surface area contributed by atoms with Crippen LogP contribution in [-0.2, 0) is 0 Å². The van der Waals surface area contributed by atoms with E-state index in [0.29, 0.717) is 5.54 Å². The minimum atomic E-state index is -0.502. The first kappa shape index (κ1) is 12.9. The number of hydrogen-bond donors (Lipinski definition) is 0. The van der Waals surface area contributed by atoms with Crippen molar-refractivity contribution in [3.63, 3.8) is 0 Å². The van der Waals surface area contributed by atoms with Gasteiger partial charge in [-0.15, -0.1) is 5.70 Å². The highest BCUT2D eigenvalue weighted by molar-refractivity contribution is 6.61. The minimum absolute atomic E-state index is 0.303. The van der Waals surface area contributed by atoms with Gasteiger partial charge in [-0.1, -0.05) is 26.1 Å². The van der Waals surface area contributed by atoms with Gasteiger partial charge >= 0.3 is 0 Å². The fraction of sp³-hybridized carbons (Fsp3) is 0.818. The van der Waals surface area contributed by atoms with Gasteiger partial charge in [-0.05, 0) is 27.3 Å². The lowest BCUT2D eigenvalue weighted by molar-refractivity contribution is 0.163. The van der Waals surface area contributed by atoms with E-state index >= 15 is 0 Å². The van der Waals surface area contributed by atoms with Gasteiger partial charge in [0.2, 0.25) is 0 Å². The van der Waals surface area contributed by atoms with Crippen molar-refractivity contribution in [2.75, 3.05) is 13.1 Å². The van der Waals surface area contributed by atoms with Crippen LogP contribution in [0.25, 0.3) is 0 Å². The third kappa shape index (κ3) is 6.05. The van der Waals surface area contributed by atoms with Crippen LogP contribution in [-0.4, -0.2) is 32.3 Å². The zero-order valence-corrected chi connectivity index (χ0v) is 11.2. The molecule has 1 nitrogen and oxygen atoms in total. The van der Waals surface area contributed by atoms with Gasteiger partial charge in [0, 0.05) is 12.1 Å². The van der Waals surface area contributed by atoms with Crippen LogP contribution in [0.3, 0.4) is 0 Å². The summed E-state index contributed by atoms with van der Waals surface area (Å²) in [5.74, 6) is 0. The summed E-state index contributed by atoms with van der Waals surface area (Å²) in [6.45, 7) is 16.0. The lowest BCUT2D eigenvalue weighted by Crippen LogP contribution is -2.41. The van der Waals surface area contributed by atoms with Crippen molar-refractivity contribution in [2.45, 2.75) is 46.3 Å². The highest BCUT2D eigenvalue weighted by Gasteiger charge is 2.17. The molecule has 2 heteroatoms. The molecule has 0 saturated carbocycles. The summed E-state index contributed by atoms with van der Waals surface area (Å²) >= 11 is 0. The lowest BCUT2D eigenvalue weighted by Gasteiger charge is -2.33. The van der Waals surface area contributed by atoms with E-state index in [2.05, 4.69) is 57.5 Å². The molecule has 78 valence electrons. The standard InChI is InChI=1S/C11H25NSi/c1-7-12(11(2,3)4)9-8-10-13(5)6/h8,10,13H,7,9H2,1-6H3. The zero-order chi connectivity index (χ0) is 10.5. The molecule has 0 rings (SSSR count). The molecule has 0 aromatic heterocycles. The number of likely N-dealkylation sites (N-methyl/N-ethyl adjacent to an activating group) is 1. The fourth-order valence-corrected chi connectivity index (χ4v) is 2.00. The normalized spacial score (nSPS) is 13.5. The van der Waals surface area contributed by atoms with Gasteiger partial charge in [0.1, 0.15) is 0 Å². The SMILES string of the molecule is CCN(CC=C[SiH](C)C)C(C)(C)C.